The number of phenolic OH excluding ortho intramolecular Hbond substituents is 1. The quantitative estimate of drug-likeness (QED) is 0.807. The van der Waals surface area contributed by atoms with Crippen LogP contribution in [0.25, 0.3) is 0 Å². The van der Waals surface area contributed by atoms with Gasteiger partial charge in [0.15, 0.2) is 11.5 Å². The maximum absolute atomic E-state index is 11.1. The zero-order valence-electron chi connectivity index (χ0n) is 9.12. The molecule has 1 aromatic carbocycles. The molecule has 82 valence electrons. The van der Waals surface area contributed by atoms with Crippen LogP contribution in [-0.4, -0.2) is 18.0 Å². The number of carbonyl (C=O) groups is 1. The maximum Gasteiger partial charge on any atom is 0.160 e. The first-order valence-corrected chi connectivity index (χ1v) is 5.05. The molecule has 0 saturated heterocycles. The maximum atomic E-state index is 11.1. The van der Waals surface area contributed by atoms with Crippen LogP contribution in [0.4, 0.5) is 0 Å². The Morgan fingerprint density at radius 3 is 2.73 bits per heavy atom. The van der Waals surface area contributed by atoms with Gasteiger partial charge < -0.3 is 9.84 Å². The van der Waals surface area contributed by atoms with Gasteiger partial charge in [-0.3, -0.25) is 4.79 Å². The van der Waals surface area contributed by atoms with Gasteiger partial charge in [-0.15, -0.1) is 0 Å². The molecule has 0 aliphatic heterocycles. The van der Waals surface area contributed by atoms with E-state index >= 15 is 0 Å². The third-order valence-electron chi connectivity index (χ3n) is 2.33. The Labute approximate surface area is 89.7 Å². The molecule has 0 unspecified atom stereocenters. The summed E-state index contributed by atoms with van der Waals surface area (Å²) in [4.78, 5) is 11.1. The molecular weight excluding hydrogens is 192 g/mol. The van der Waals surface area contributed by atoms with Gasteiger partial charge in [0.05, 0.1) is 7.11 Å². The molecule has 0 aliphatic rings. The fourth-order valence-corrected chi connectivity index (χ4v) is 1.35. The molecule has 3 heteroatoms. The van der Waals surface area contributed by atoms with Crippen molar-refractivity contribution in [2.75, 3.05) is 7.11 Å². The monoisotopic (exact) mass is 208 g/mol. The van der Waals surface area contributed by atoms with E-state index in [9.17, 15) is 9.90 Å². The lowest BCUT2D eigenvalue weighted by molar-refractivity contribution is -0.118. The van der Waals surface area contributed by atoms with Crippen molar-refractivity contribution in [3.05, 3.63) is 23.8 Å². The summed E-state index contributed by atoms with van der Waals surface area (Å²) in [5.41, 5.74) is 0.954. The van der Waals surface area contributed by atoms with Crippen LogP contribution in [0.1, 0.15) is 25.3 Å². The second-order valence-corrected chi connectivity index (χ2v) is 3.40. The summed E-state index contributed by atoms with van der Waals surface area (Å²) in [5, 5.41) is 9.50. The smallest absolute Gasteiger partial charge is 0.160 e. The highest BCUT2D eigenvalue weighted by Gasteiger charge is 2.04. The summed E-state index contributed by atoms with van der Waals surface area (Å²) in [6.07, 6.45) is 1.77. The lowest BCUT2D eigenvalue weighted by Crippen LogP contribution is -1.97. The number of aryl methyl sites for hydroxylation is 1. The Morgan fingerprint density at radius 1 is 1.47 bits per heavy atom. The van der Waals surface area contributed by atoms with E-state index in [-0.39, 0.29) is 11.5 Å². The van der Waals surface area contributed by atoms with E-state index in [0.29, 0.717) is 25.0 Å². The van der Waals surface area contributed by atoms with Gasteiger partial charge in [0.2, 0.25) is 0 Å². The first-order chi connectivity index (χ1) is 7.17. The molecule has 0 atom stereocenters. The molecule has 0 aromatic heterocycles. The van der Waals surface area contributed by atoms with Gasteiger partial charge in [0, 0.05) is 12.8 Å². The van der Waals surface area contributed by atoms with E-state index in [2.05, 4.69) is 0 Å². The lowest BCUT2D eigenvalue weighted by Gasteiger charge is -2.05. The third kappa shape index (κ3) is 3.27. The standard InChI is InChI=1S/C12H16O3/c1-3-10(13)6-4-9-5-7-12(15-2)11(14)8-9/h5,7-8,14H,3-4,6H2,1-2H3. The molecule has 1 N–H and O–H groups in total. The number of hydrogen-bond acceptors (Lipinski definition) is 3. The highest BCUT2D eigenvalue weighted by Crippen LogP contribution is 2.26. The summed E-state index contributed by atoms with van der Waals surface area (Å²) in [6, 6.07) is 5.21. The molecule has 0 heterocycles. The SMILES string of the molecule is CCC(=O)CCc1ccc(OC)c(O)c1. The molecule has 1 rings (SSSR count). The van der Waals surface area contributed by atoms with Crippen LogP contribution < -0.4 is 4.74 Å². The largest absolute Gasteiger partial charge is 0.504 e. The fraction of sp³-hybridized carbons (Fsp3) is 0.417. The number of Topliss-reactive ketones (excluding diaryl/α,β-unsaturated/α-hetero) is 1. The van der Waals surface area contributed by atoms with Gasteiger partial charge in [0.25, 0.3) is 0 Å². The average molecular weight is 208 g/mol. The van der Waals surface area contributed by atoms with Crippen LogP contribution in [0.5, 0.6) is 11.5 Å². The summed E-state index contributed by atoms with van der Waals surface area (Å²) < 4.78 is 4.93. The highest BCUT2D eigenvalue weighted by molar-refractivity contribution is 5.78. The van der Waals surface area contributed by atoms with E-state index in [1.54, 1.807) is 12.1 Å². The van der Waals surface area contributed by atoms with Crippen molar-refractivity contribution in [3.8, 4) is 11.5 Å². The van der Waals surface area contributed by atoms with E-state index in [4.69, 9.17) is 4.74 Å². The number of carbonyl (C=O) groups excluding carboxylic acids is 1. The molecule has 15 heavy (non-hydrogen) atoms. The topological polar surface area (TPSA) is 46.5 Å². The van der Waals surface area contributed by atoms with Crippen LogP contribution in [-0.2, 0) is 11.2 Å². The second-order valence-electron chi connectivity index (χ2n) is 3.40. The van der Waals surface area contributed by atoms with Crippen molar-refractivity contribution in [2.24, 2.45) is 0 Å². The first-order valence-electron chi connectivity index (χ1n) is 5.05. The zero-order chi connectivity index (χ0) is 11.3. The van der Waals surface area contributed by atoms with Gasteiger partial charge in [-0.25, -0.2) is 0 Å². The third-order valence-corrected chi connectivity index (χ3v) is 2.33. The van der Waals surface area contributed by atoms with Crippen molar-refractivity contribution >= 4 is 5.78 Å². The van der Waals surface area contributed by atoms with Gasteiger partial charge >= 0.3 is 0 Å². The zero-order valence-corrected chi connectivity index (χ0v) is 9.12. The van der Waals surface area contributed by atoms with E-state index < -0.39 is 0 Å². The number of rotatable bonds is 5. The van der Waals surface area contributed by atoms with E-state index in [1.165, 1.54) is 7.11 Å². The van der Waals surface area contributed by atoms with Crippen LogP contribution in [0, 0.1) is 0 Å². The van der Waals surface area contributed by atoms with Gasteiger partial charge in [-0.1, -0.05) is 13.0 Å². The van der Waals surface area contributed by atoms with E-state index in [0.717, 1.165) is 5.56 Å². The summed E-state index contributed by atoms with van der Waals surface area (Å²) in [6.45, 7) is 1.85. The van der Waals surface area contributed by atoms with Crippen molar-refractivity contribution < 1.29 is 14.6 Å². The number of methoxy groups -OCH3 is 1. The molecule has 0 spiro atoms. The molecule has 0 radical (unpaired) electrons. The Kier molecular flexibility index (Phi) is 4.16. The van der Waals surface area contributed by atoms with Crippen molar-refractivity contribution in [1.29, 1.82) is 0 Å². The number of ketones is 1. The lowest BCUT2D eigenvalue weighted by atomic mass is 10.1. The molecule has 0 fully saturated rings. The average Bonchev–Trinajstić information content (AvgIpc) is 2.26. The summed E-state index contributed by atoms with van der Waals surface area (Å²) >= 11 is 0. The van der Waals surface area contributed by atoms with Crippen molar-refractivity contribution in [2.45, 2.75) is 26.2 Å². The van der Waals surface area contributed by atoms with Crippen LogP contribution in [0.15, 0.2) is 18.2 Å². The Morgan fingerprint density at radius 2 is 2.20 bits per heavy atom. The number of benzene rings is 1. The van der Waals surface area contributed by atoms with E-state index in [1.807, 2.05) is 13.0 Å². The molecule has 3 nitrogen and oxygen atoms in total. The number of aromatic hydroxyl groups is 1. The van der Waals surface area contributed by atoms with Crippen LogP contribution in [0.2, 0.25) is 0 Å². The fourth-order valence-electron chi connectivity index (χ4n) is 1.35. The molecule has 0 amide bonds. The molecule has 1 aromatic rings. The van der Waals surface area contributed by atoms with Crippen LogP contribution >= 0.6 is 0 Å². The molecule has 0 bridgehead atoms. The summed E-state index contributed by atoms with van der Waals surface area (Å²) in [5.74, 6) is 0.824. The number of phenols is 1. The molecule has 0 aliphatic carbocycles. The predicted molar refractivity (Wildman–Crippen MR) is 58.3 cm³/mol. The highest BCUT2D eigenvalue weighted by atomic mass is 16.5. The Balaban J connectivity index is 2.63. The predicted octanol–water partition coefficient (Wildman–Crippen LogP) is 2.31. The van der Waals surface area contributed by atoms with Gasteiger partial charge in [-0.05, 0) is 24.1 Å². The minimum absolute atomic E-state index is 0.124. The second kappa shape index (κ2) is 5.39. The number of hydrogen-bond donors (Lipinski definition) is 1. The van der Waals surface area contributed by atoms with Crippen molar-refractivity contribution in [3.63, 3.8) is 0 Å². The Hall–Kier alpha value is -1.51. The van der Waals surface area contributed by atoms with Gasteiger partial charge in [-0.2, -0.15) is 0 Å². The minimum Gasteiger partial charge on any atom is -0.504 e. The Bertz CT molecular complexity index is 345. The normalized spacial score (nSPS) is 10.0. The minimum atomic E-state index is 0.124. The summed E-state index contributed by atoms with van der Waals surface area (Å²) in [7, 11) is 1.51. The van der Waals surface area contributed by atoms with Crippen molar-refractivity contribution in [1.82, 2.24) is 0 Å². The first kappa shape index (κ1) is 11.6. The van der Waals surface area contributed by atoms with Gasteiger partial charge in [0.1, 0.15) is 5.78 Å². The molecular formula is C12H16O3. The number of ether oxygens (including phenoxy) is 1. The molecule has 0 saturated carbocycles. The van der Waals surface area contributed by atoms with Crippen LogP contribution in [0.3, 0.4) is 0 Å².